The van der Waals surface area contributed by atoms with Crippen LogP contribution in [0.2, 0.25) is 0 Å². The zero-order chi connectivity index (χ0) is 35.3. The van der Waals surface area contributed by atoms with Crippen molar-refractivity contribution in [3.8, 4) is 56.4 Å². The summed E-state index contributed by atoms with van der Waals surface area (Å²) in [6.07, 6.45) is 0. The largest absolute Gasteiger partial charge is 0.309 e. The van der Waals surface area contributed by atoms with E-state index in [1.165, 1.54) is 65.8 Å². The van der Waals surface area contributed by atoms with Crippen molar-refractivity contribution in [1.82, 2.24) is 19.1 Å². The highest BCUT2D eigenvalue weighted by atomic mass is 15.2. The molecule has 3 heterocycles. The fraction of sp³-hybridized carbons (Fsp3) is 0. The highest BCUT2D eigenvalue weighted by Crippen LogP contribution is 2.53. The van der Waals surface area contributed by atoms with Crippen molar-refractivity contribution >= 4 is 54.4 Å². The minimum absolute atomic E-state index is 0.673. The Morgan fingerprint density at radius 1 is 0.389 bits per heavy atom. The van der Waals surface area contributed by atoms with Gasteiger partial charge < -0.3 is 4.57 Å². The second-order valence-corrected chi connectivity index (χ2v) is 14.2. The first-order valence-electron chi connectivity index (χ1n) is 18.4. The van der Waals surface area contributed by atoms with Gasteiger partial charge in [0.05, 0.1) is 33.5 Å². The zero-order valence-corrected chi connectivity index (χ0v) is 29.1. The van der Waals surface area contributed by atoms with Gasteiger partial charge in [0.25, 0.3) is 0 Å². The molecule has 3 aromatic heterocycles. The minimum atomic E-state index is 0.673. The Morgan fingerprint density at radius 2 is 1.02 bits per heavy atom. The molecule has 0 atom stereocenters. The first kappa shape index (κ1) is 29.3. The van der Waals surface area contributed by atoms with Crippen LogP contribution < -0.4 is 0 Å². The number of fused-ring (bicyclic) bond motifs is 9. The van der Waals surface area contributed by atoms with E-state index in [0.717, 1.165) is 39.1 Å². The van der Waals surface area contributed by atoms with E-state index in [1.807, 2.05) is 0 Å². The van der Waals surface area contributed by atoms with Crippen LogP contribution in [-0.2, 0) is 0 Å². The lowest BCUT2D eigenvalue weighted by Gasteiger charge is -2.14. The summed E-state index contributed by atoms with van der Waals surface area (Å²) in [5.74, 6) is 0.673. The predicted molar refractivity (Wildman–Crippen MR) is 224 cm³/mol. The maximum atomic E-state index is 5.39. The number of hydrogen-bond donors (Lipinski definition) is 0. The lowest BCUT2D eigenvalue weighted by Crippen LogP contribution is -2.04. The minimum Gasteiger partial charge on any atom is -0.309 e. The Bertz CT molecular complexity index is 3310. The van der Waals surface area contributed by atoms with Crippen LogP contribution in [0.5, 0.6) is 0 Å². The van der Waals surface area contributed by atoms with E-state index in [4.69, 9.17) is 9.97 Å². The Kier molecular flexibility index (Phi) is 6.02. The van der Waals surface area contributed by atoms with Gasteiger partial charge in [-0.2, -0.15) is 0 Å². The molecule has 0 N–H and O–H groups in total. The molecule has 8 aromatic carbocycles. The molecule has 12 rings (SSSR count). The lowest BCUT2D eigenvalue weighted by molar-refractivity contribution is 0.993. The van der Waals surface area contributed by atoms with E-state index < -0.39 is 0 Å². The van der Waals surface area contributed by atoms with E-state index in [1.54, 1.807) is 0 Å². The van der Waals surface area contributed by atoms with Gasteiger partial charge in [0, 0.05) is 43.9 Å². The van der Waals surface area contributed by atoms with Gasteiger partial charge in [0.2, 0.25) is 5.95 Å². The molecule has 0 aliphatic heterocycles. The molecule has 1 aliphatic rings. The summed E-state index contributed by atoms with van der Waals surface area (Å²) in [7, 11) is 0. The molecule has 1 aliphatic carbocycles. The van der Waals surface area contributed by atoms with Gasteiger partial charge in [-0.1, -0.05) is 133 Å². The number of hydrogen-bond acceptors (Lipinski definition) is 2. The van der Waals surface area contributed by atoms with Crippen LogP contribution >= 0.6 is 0 Å². The van der Waals surface area contributed by atoms with Crippen LogP contribution in [0.25, 0.3) is 111 Å². The SMILES string of the molecule is c1ccc(-c2nc(-n3c4c(c5cc(-c6ccc7c(c6)c6ccccc6n7-c6ccccc6)ccc53)-c3cccc5cccc-4c35)nc3ccccc23)cc1. The van der Waals surface area contributed by atoms with Crippen LogP contribution in [0.4, 0.5) is 0 Å². The fourth-order valence-electron chi connectivity index (χ4n) is 8.94. The normalized spacial score (nSPS) is 12.1. The summed E-state index contributed by atoms with van der Waals surface area (Å²) in [4.78, 5) is 10.7. The lowest BCUT2D eigenvalue weighted by atomic mass is 9.98. The average Bonchev–Trinajstić information content (AvgIpc) is 3.87. The summed E-state index contributed by atoms with van der Waals surface area (Å²) in [5.41, 5.74) is 14.8. The molecule has 4 nitrogen and oxygen atoms in total. The van der Waals surface area contributed by atoms with Gasteiger partial charge in [-0.15, -0.1) is 0 Å². The van der Waals surface area contributed by atoms with Gasteiger partial charge in [0.15, 0.2) is 0 Å². The summed E-state index contributed by atoms with van der Waals surface area (Å²) in [5, 5.41) is 7.24. The van der Waals surface area contributed by atoms with Crippen LogP contribution in [-0.4, -0.2) is 19.1 Å². The molecule has 11 aromatic rings. The van der Waals surface area contributed by atoms with Gasteiger partial charge >= 0.3 is 0 Å². The molecular weight excluding hydrogens is 657 g/mol. The maximum absolute atomic E-state index is 5.39. The molecule has 0 saturated heterocycles. The summed E-state index contributed by atoms with van der Waals surface area (Å²) >= 11 is 0. The Balaban J connectivity index is 1.13. The first-order chi connectivity index (χ1) is 26.8. The van der Waals surface area contributed by atoms with Gasteiger partial charge in [-0.3, -0.25) is 4.57 Å². The van der Waals surface area contributed by atoms with E-state index in [-0.39, 0.29) is 0 Å². The van der Waals surface area contributed by atoms with Crippen molar-refractivity contribution < 1.29 is 0 Å². The Hall–Kier alpha value is -7.30. The van der Waals surface area contributed by atoms with Crippen molar-refractivity contribution in [3.63, 3.8) is 0 Å². The van der Waals surface area contributed by atoms with Gasteiger partial charge in [-0.05, 0) is 76.0 Å². The third-order valence-corrected chi connectivity index (χ3v) is 11.3. The van der Waals surface area contributed by atoms with Gasteiger partial charge in [-0.25, -0.2) is 9.97 Å². The quantitative estimate of drug-likeness (QED) is 0.185. The van der Waals surface area contributed by atoms with Crippen LogP contribution in [0.1, 0.15) is 0 Å². The molecule has 0 radical (unpaired) electrons. The standard InChI is InChI=1S/C50H30N4/c1-3-13-32(14-4-1)48-37-20-7-9-23-42(37)51-50(52-48)54-45-28-26-34(30-41(45)47-38-21-11-15-31-16-12-22-39(46(31)38)49(47)54)33-25-27-44-40(29-33)36-19-8-10-24-43(36)53(44)35-17-5-2-6-18-35/h1-30H. The molecule has 0 spiro atoms. The van der Waals surface area contributed by atoms with Crippen molar-refractivity contribution in [2.75, 3.05) is 0 Å². The van der Waals surface area contributed by atoms with Crippen molar-refractivity contribution in [1.29, 1.82) is 0 Å². The van der Waals surface area contributed by atoms with E-state index in [0.29, 0.717) is 5.95 Å². The van der Waals surface area contributed by atoms with Crippen LogP contribution in [0.15, 0.2) is 182 Å². The number of aromatic nitrogens is 4. The second-order valence-electron chi connectivity index (χ2n) is 14.2. The molecule has 54 heavy (non-hydrogen) atoms. The molecule has 0 amide bonds. The van der Waals surface area contributed by atoms with Gasteiger partial charge in [0.1, 0.15) is 0 Å². The summed E-state index contributed by atoms with van der Waals surface area (Å²) < 4.78 is 4.68. The zero-order valence-electron chi connectivity index (χ0n) is 29.1. The molecule has 250 valence electrons. The van der Waals surface area contributed by atoms with Crippen molar-refractivity contribution in [2.45, 2.75) is 0 Å². The highest BCUT2D eigenvalue weighted by Gasteiger charge is 2.31. The van der Waals surface area contributed by atoms with Crippen molar-refractivity contribution in [2.24, 2.45) is 0 Å². The van der Waals surface area contributed by atoms with Crippen LogP contribution in [0, 0.1) is 0 Å². The third kappa shape index (κ3) is 4.08. The average molecular weight is 687 g/mol. The molecule has 0 unspecified atom stereocenters. The van der Waals surface area contributed by atoms with E-state index >= 15 is 0 Å². The maximum Gasteiger partial charge on any atom is 0.235 e. The Labute approximate surface area is 310 Å². The summed E-state index contributed by atoms with van der Waals surface area (Å²) in [6.45, 7) is 0. The number of benzene rings is 8. The highest BCUT2D eigenvalue weighted by molar-refractivity contribution is 6.22. The van der Waals surface area contributed by atoms with Crippen molar-refractivity contribution in [3.05, 3.63) is 182 Å². The predicted octanol–water partition coefficient (Wildman–Crippen LogP) is 12.8. The fourth-order valence-corrected chi connectivity index (χ4v) is 8.94. The molecule has 0 fully saturated rings. The third-order valence-electron chi connectivity index (χ3n) is 11.3. The molecule has 0 bridgehead atoms. The molecular formula is C50H30N4. The van der Waals surface area contributed by atoms with E-state index in [9.17, 15) is 0 Å². The summed E-state index contributed by atoms with van der Waals surface area (Å²) in [6, 6.07) is 65.3. The molecule has 0 saturated carbocycles. The smallest absolute Gasteiger partial charge is 0.235 e. The first-order valence-corrected chi connectivity index (χ1v) is 18.4. The Morgan fingerprint density at radius 3 is 1.81 bits per heavy atom. The number of rotatable bonds is 4. The monoisotopic (exact) mass is 686 g/mol. The second kappa shape index (κ2) is 11.1. The number of nitrogens with zero attached hydrogens (tertiary/aromatic N) is 4. The van der Waals surface area contributed by atoms with E-state index in [2.05, 4.69) is 191 Å². The topological polar surface area (TPSA) is 35.6 Å². The van der Waals surface area contributed by atoms with Crippen LogP contribution in [0.3, 0.4) is 0 Å². The number of para-hydroxylation sites is 3. The molecule has 4 heteroatoms.